The third-order valence-corrected chi connectivity index (χ3v) is 3.86. The number of hydrazine groups is 1. The first kappa shape index (κ1) is 21.1. The highest BCUT2D eigenvalue weighted by Gasteiger charge is 2.26. The summed E-state index contributed by atoms with van der Waals surface area (Å²) in [6, 6.07) is 8.27. The normalized spacial score (nSPS) is 13.3. The molecule has 0 radical (unpaired) electrons. The average molecular weight is 349 g/mol. The fourth-order valence-electron chi connectivity index (χ4n) is 2.54. The van der Waals surface area contributed by atoms with E-state index in [1.54, 1.807) is 0 Å². The van der Waals surface area contributed by atoms with Crippen LogP contribution in [-0.2, 0) is 9.59 Å². The van der Waals surface area contributed by atoms with Crippen LogP contribution >= 0.6 is 0 Å². The van der Waals surface area contributed by atoms with Crippen molar-refractivity contribution < 1.29 is 9.59 Å². The number of carbonyl (C=O) groups excluding carboxylic acids is 2. The van der Waals surface area contributed by atoms with Crippen molar-refractivity contribution in [2.75, 3.05) is 18.4 Å². The molecule has 140 valence electrons. The van der Waals surface area contributed by atoms with E-state index in [-0.39, 0.29) is 23.8 Å². The molecule has 7 nitrogen and oxygen atoms in total. The van der Waals surface area contributed by atoms with Crippen molar-refractivity contribution in [1.82, 2.24) is 16.1 Å². The maximum Gasteiger partial charge on any atom is 0.246 e. The largest absolute Gasteiger partial charge is 0.343 e. The predicted molar refractivity (Wildman–Crippen MR) is 101 cm³/mol. The van der Waals surface area contributed by atoms with Gasteiger partial charge in [0.05, 0.1) is 6.04 Å². The molecular weight excluding hydrogens is 318 g/mol. The van der Waals surface area contributed by atoms with Crippen LogP contribution in [0.15, 0.2) is 30.3 Å². The molecule has 0 saturated heterocycles. The number of nitrogens with one attached hydrogen (secondary N) is 4. The number of hydrogen-bond acceptors (Lipinski definition) is 5. The van der Waals surface area contributed by atoms with Crippen LogP contribution in [0.5, 0.6) is 0 Å². The van der Waals surface area contributed by atoms with Gasteiger partial charge in [-0.1, -0.05) is 39.0 Å². The molecule has 0 fully saturated rings. The molecule has 1 aromatic carbocycles. The average Bonchev–Trinajstić information content (AvgIpc) is 2.59. The van der Waals surface area contributed by atoms with Crippen molar-refractivity contribution in [2.24, 2.45) is 11.8 Å². The molecule has 1 aromatic rings. The van der Waals surface area contributed by atoms with Gasteiger partial charge in [0.2, 0.25) is 11.8 Å². The molecule has 0 aliphatic carbocycles. The maximum atomic E-state index is 12.6. The highest BCUT2D eigenvalue weighted by atomic mass is 16.2. The topological polar surface area (TPSA) is 108 Å². The maximum absolute atomic E-state index is 12.6. The van der Waals surface area contributed by atoms with Gasteiger partial charge in [-0.2, -0.15) is 0 Å². The zero-order valence-corrected chi connectivity index (χ0v) is 15.3. The number of para-hydroxylation sites is 1. The molecule has 0 bridgehead atoms. The van der Waals surface area contributed by atoms with E-state index in [9.17, 15) is 9.59 Å². The Bertz CT molecular complexity index is 521. The third kappa shape index (κ3) is 7.64. The van der Waals surface area contributed by atoms with Crippen LogP contribution in [0.2, 0.25) is 0 Å². The summed E-state index contributed by atoms with van der Waals surface area (Å²) in [7, 11) is 0. The molecule has 0 aromatic heterocycles. The Morgan fingerprint density at radius 1 is 1.12 bits per heavy atom. The molecule has 6 N–H and O–H groups in total. The van der Waals surface area contributed by atoms with E-state index in [0.717, 1.165) is 0 Å². The summed E-state index contributed by atoms with van der Waals surface area (Å²) >= 11 is 0. The van der Waals surface area contributed by atoms with Gasteiger partial charge in [-0.15, -0.1) is 0 Å². The lowest BCUT2D eigenvalue weighted by molar-refractivity contribution is -0.128. The van der Waals surface area contributed by atoms with Gasteiger partial charge in [0, 0.05) is 12.2 Å². The molecule has 0 aliphatic rings. The Kier molecular flexibility index (Phi) is 9.76. The Morgan fingerprint density at radius 3 is 2.36 bits per heavy atom. The van der Waals surface area contributed by atoms with Crippen molar-refractivity contribution in [3.05, 3.63) is 30.3 Å². The van der Waals surface area contributed by atoms with Crippen molar-refractivity contribution in [3.8, 4) is 0 Å². The van der Waals surface area contributed by atoms with E-state index in [2.05, 4.69) is 21.4 Å². The van der Waals surface area contributed by atoms with E-state index in [1.807, 2.05) is 51.1 Å². The summed E-state index contributed by atoms with van der Waals surface area (Å²) in [5, 5.41) is 8.90. The first-order valence-corrected chi connectivity index (χ1v) is 8.82. The first-order chi connectivity index (χ1) is 12.0. The van der Waals surface area contributed by atoms with E-state index in [4.69, 9.17) is 5.84 Å². The van der Waals surface area contributed by atoms with Crippen LogP contribution in [0.4, 0.5) is 5.69 Å². The molecular formula is C18H31N5O2. The fraction of sp³-hybridized carbons (Fsp3) is 0.556. The molecule has 2 unspecified atom stereocenters. The summed E-state index contributed by atoms with van der Waals surface area (Å²) in [6.45, 7) is 7.17. The van der Waals surface area contributed by atoms with Gasteiger partial charge in [-0.25, -0.2) is 0 Å². The Morgan fingerprint density at radius 2 is 1.80 bits per heavy atom. The summed E-state index contributed by atoms with van der Waals surface area (Å²) in [5.41, 5.74) is 3.27. The molecule has 1 rings (SSSR count). The lowest BCUT2D eigenvalue weighted by Crippen LogP contribution is -2.53. The predicted octanol–water partition coefficient (Wildman–Crippen LogP) is 0.988. The zero-order valence-electron chi connectivity index (χ0n) is 15.3. The van der Waals surface area contributed by atoms with Gasteiger partial charge in [0.25, 0.3) is 0 Å². The minimum atomic E-state index is -0.610. The van der Waals surface area contributed by atoms with Crippen molar-refractivity contribution in [1.29, 1.82) is 0 Å². The molecule has 0 heterocycles. The Balaban J connectivity index is 2.76. The molecule has 7 heteroatoms. The minimum absolute atomic E-state index is 0.128. The van der Waals surface area contributed by atoms with Crippen LogP contribution in [0.1, 0.15) is 33.6 Å². The number of nitrogens with two attached hydrogens (primary N) is 1. The van der Waals surface area contributed by atoms with Gasteiger partial charge in [-0.05, 0) is 37.4 Å². The second-order valence-corrected chi connectivity index (χ2v) is 6.29. The number of anilines is 1. The summed E-state index contributed by atoms with van der Waals surface area (Å²) in [6.07, 6.45) is 1.18. The van der Waals surface area contributed by atoms with Gasteiger partial charge in [0.1, 0.15) is 6.04 Å². The highest BCUT2D eigenvalue weighted by Crippen LogP contribution is 2.09. The molecule has 25 heavy (non-hydrogen) atoms. The molecule has 2 atom stereocenters. The molecule has 2 amide bonds. The minimum Gasteiger partial charge on any atom is -0.343 e. The van der Waals surface area contributed by atoms with E-state index in [1.165, 1.54) is 0 Å². The van der Waals surface area contributed by atoms with Crippen molar-refractivity contribution in [2.45, 2.75) is 45.7 Å². The summed E-state index contributed by atoms with van der Waals surface area (Å²) < 4.78 is 0. The molecule has 0 spiro atoms. The van der Waals surface area contributed by atoms with Crippen LogP contribution < -0.4 is 27.2 Å². The smallest absolute Gasteiger partial charge is 0.246 e. The number of hydrogen-bond donors (Lipinski definition) is 5. The lowest BCUT2D eigenvalue weighted by atomic mass is 10.0. The number of benzene rings is 1. The Labute approximate surface area is 150 Å². The molecule has 0 saturated carbocycles. The zero-order chi connectivity index (χ0) is 18.7. The standard InChI is InChI=1S/C18H31N5O2/c1-4-20-16(13(2)3)18(25)23-15(11-8-12-21-19)17(24)22-14-9-6-5-7-10-14/h5-7,9-10,13,15-16,20-21H,4,8,11-12,19H2,1-3H3,(H,22,24)(H,23,25). The quantitative estimate of drug-likeness (QED) is 0.233. The number of carbonyl (C=O) groups is 2. The SMILES string of the molecule is CCNC(C(=O)NC(CCCNN)C(=O)Nc1ccccc1)C(C)C. The summed E-state index contributed by atoms with van der Waals surface area (Å²) in [5.74, 6) is 5.04. The Hall–Kier alpha value is -1.96. The monoisotopic (exact) mass is 349 g/mol. The van der Waals surface area contributed by atoms with Gasteiger partial charge in [0.15, 0.2) is 0 Å². The van der Waals surface area contributed by atoms with Crippen LogP contribution in [0.25, 0.3) is 0 Å². The second-order valence-electron chi connectivity index (χ2n) is 6.29. The fourth-order valence-corrected chi connectivity index (χ4v) is 2.54. The molecule has 0 aliphatic heterocycles. The van der Waals surface area contributed by atoms with Crippen LogP contribution in [0.3, 0.4) is 0 Å². The van der Waals surface area contributed by atoms with E-state index < -0.39 is 6.04 Å². The first-order valence-electron chi connectivity index (χ1n) is 8.82. The van der Waals surface area contributed by atoms with Gasteiger partial charge in [-0.3, -0.25) is 20.9 Å². The van der Waals surface area contributed by atoms with Crippen molar-refractivity contribution in [3.63, 3.8) is 0 Å². The lowest BCUT2D eigenvalue weighted by Gasteiger charge is -2.25. The van der Waals surface area contributed by atoms with Crippen LogP contribution in [-0.4, -0.2) is 37.0 Å². The summed E-state index contributed by atoms with van der Waals surface area (Å²) in [4.78, 5) is 25.2. The van der Waals surface area contributed by atoms with Gasteiger partial charge < -0.3 is 16.0 Å². The third-order valence-electron chi connectivity index (χ3n) is 3.86. The van der Waals surface area contributed by atoms with Gasteiger partial charge >= 0.3 is 0 Å². The second kappa shape index (κ2) is 11.6. The van der Waals surface area contributed by atoms with Crippen LogP contribution in [0, 0.1) is 5.92 Å². The van der Waals surface area contributed by atoms with Crippen molar-refractivity contribution >= 4 is 17.5 Å². The number of amides is 2. The number of likely N-dealkylation sites (N-methyl/N-ethyl adjacent to an activating group) is 1. The van der Waals surface area contributed by atoms with E-state index in [0.29, 0.717) is 31.6 Å². The number of rotatable bonds is 11. The highest BCUT2D eigenvalue weighted by molar-refractivity contribution is 5.97. The van der Waals surface area contributed by atoms with E-state index >= 15 is 0 Å².